The maximum atomic E-state index is 12.9. The van der Waals surface area contributed by atoms with E-state index in [0.717, 1.165) is 0 Å². The second-order valence-electron chi connectivity index (χ2n) is 6.43. The van der Waals surface area contributed by atoms with Crippen LogP contribution in [0.25, 0.3) is 0 Å². The fourth-order valence-corrected chi connectivity index (χ4v) is 4.35. The van der Waals surface area contributed by atoms with Gasteiger partial charge >= 0.3 is 5.97 Å². The maximum absolute atomic E-state index is 12.9. The highest BCUT2D eigenvalue weighted by Crippen LogP contribution is 2.29. The molecule has 0 aliphatic carbocycles. The normalized spacial score (nSPS) is 15.0. The molecule has 1 heterocycles. The molecule has 1 fully saturated rings. The zero-order valence-corrected chi connectivity index (χ0v) is 17.3. The molecule has 0 N–H and O–H groups in total. The summed E-state index contributed by atoms with van der Waals surface area (Å²) < 4.78 is 48.1. The number of methoxy groups -OCH3 is 2. The molecule has 0 unspecified atom stereocenters. The molecule has 1 saturated heterocycles. The van der Waals surface area contributed by atoms with Gasteiger partial charge in [0.05, 0.1) is 37.9 Å². The van der Waals surface area contributed by atoms with E-state index in [1.165, 1.54) is 30.7 Å². The molecule has 29 heavy (non-hydrogen) atoms. The molecule has 8 nitrogen and oxygen atoms in total. The summed E-state index contributed by atoms with van der Waals surface area (Å²) in [6.45, 7) is 2.96. The molecule has 0 amide bonds. The van der Waals surface area contributed by atoms with Crippen LogP contribution in [0.3, 0.4) is 0 Å². The number of morpholine rings is 1. The van der Waals surface area contributed by atoms with Crippen molar-refractivity contribution in [2.45, 2.75) is 11.8 Å². The van der Waals surface area contributed by atoms with E-state index < -0.39 is 16.0 Å². The Morgan fingerprint density at radius 2 is 1.55 bits per heavy atom. The highest BCUT2D eigenvalue weighted by Gasteiger charge is 2.27. The van der Waals surface area contributed by atoms with Crippen LogP contribution in [0.4, 0.5) is 0 Å². The third kappa shape index (κ3) is 4.69. The van der Waals surface area contributed by atoms with Crippen molar-refractivity contribution in [3.8, 4) is 17.2 Å². The van der Waals surface area contributed by atoms with Gasteiger partial charge in [-0.15, -0.1) is 0 Å². The van der Waals surface area contributed by atoms with Crippen molar-refractivity contribution in [3.05, 3.63) is 47.5 Å². The van der Waals surface area contributed by atoms with Crippen LogP contribution in [0.1, 0.15) is 15.9 Å². The Hall–Kier alpha value is -2.62. The first-order valence-corrected chi connectivity index (χ1v) is 10.4. The minimum atomic E-state index is -3.72. The molecule has 0 bridgehead atoms. The number of nitrogens with zero attached hydrogens (tertiary/aromatic N) is 1. The molecule has 1 aliphatic heterocycles. The Morgan fingerprint density at radius 1 is 0.966 bits per heavy atom. The summed E-state index contributed by atoms with van der Waals surface area (Å²) in [6.07, 6.45) is 0. The second kappa shape index (κ2) is 8.81. The van der Waals surface area contributed by atoms with Crippen LogP contribution in [0, 0.1) is 6.92 Å². The monoisotopic (exact) mass is 421 g/mol. The molecule has 156 valence electrons. The predicted octanol–water partition coefficient (Wildman–Crippen LogP) is 2.25. The molecule has 0 aromatic heterocycles. The lowest BCUT2D eigenvalue weighted by Gasteiger charge is -2.26. The van der Waals surface area contributed by atoms with Crippen LogP contribution >= 0.6 is 0 Å². The molecule has 0 saturated carbocycles. The first-order valence-electron chi connectivity index (χ1n) is 8.99. The third-order valence-corrected chi connectivity index (χ3v) is 6.47. The summed E-state index contributed by atoms with van der Waals surface area (Å²) in [5.41, 5.74) is 0.770. The van der Waals surface area contributed by atoms with Gasteiger partial charge in [-0.3, -0.25) is 0 Å². The largest absolute Gasteiger partial charge is 0.496 e. The minimum absolute atomic E-state index is 0.0418. The van der Waals surface area contributed by atoms with Gasteiger partial charge in [0.2, 0.25) is 10.0 Å². The van der Waals surface area contributed by atoms with Gasteiger partial charge in [-0.05, 0) is 24.6 Å². The van der Waals surface area contributed by atoms with Gasteiger partial charge in [-0.1, -0.05) is 6.07 Å². The lowest BCUT2D eigenvalue weighted by molar-refractivity contribution is 0.0726. The van der Waals surface area contributed by atoms with Crippen molar-refractivity contribution in [2.75, 3.05) is 40.5 Å². The fraction of sp³-hybridized carbons (Fsp3) is 0.350. The van der Waals surface area contributed by atoms with E-state index in [9.17, 15) is 13.2 Å². The van der Waals surface area contributed by atoms with Crippen molar-refractivity contribution in [3.63, 3.8) is 0 Å². The number of hydrogen-bond acceptors (Lipinski definition) is 7. The van der Waals surface area contributed by atoms with E-state index in [1.807, 2.05) is 0 Å². The van der Waals surface area contributed by atoms with Crippen LogP contribution in [-0.4, -0.2) is 59.2 Å². The topological polar surface area (TPSA) is 91.4 Å². The van der Waals surface area contributed by atoms with Gasteiger partial charge in [0.25, 0.3) is 0 Å². The van der Waals surface area contributed by atoms with Crippen LogP contribution in [0.2, 0.25) is 0 Å². The Morgan fingerprint density at radius 3 is 2.14 bits per heavy atom. The molecule has 2 aromatic rings. The summed E-state index contributed by atoms with van der Waals surface area (Å²) >= 11 is 0. The number of benzene rings is 2. The molecular weight excluding hydrogens is 398 g/mol. The number of hydrogen-bond donors (Lipinski definition) is 0. The van der Waals surface area contributed by atoms with Crippen molar-refractivity contribution in [1.82, 2.24) is 4.31 Å². The molecule has 1 aliphatic rings. The van der Waals surface area contributed by atoms with Crippen LogP contribution in [0.15, 0.2) is 41.3 Å². The quantitative estimate of drug-likeness (QED) is 0.522. The highest BCUT2D eigenvalue weighted by atomic mass is 32.2. The number of aryl methyl sites for hydroxylation is 1. The van der Waals surface area contributed by atoms with E-state index in [4.69, 9.17) is 18.9 Å². The smallest absolute Gasteiger partial charge is 0.343 e. The maximum Gasteiger partial charge on any atom is 0.343 e. The summed E-state index contributed by atoms with van der Waals surface area (Å²) in [4.78, 5) is 12.8. The van der Waals surface area contributed by atoms with Gasteiger partial charge in [-0.25, -0.2) is 13.2 Å². The molecule has 3 rings (SSSR count). The number of ether oxygens (including phenoxy) is 4. The molecule has 0 spiro atoms. The molecule has 9 heteroatoms. The van der Waals surface area contributed by atoms with Crippen molar-refractivity contribution < 1.29 is 32.2 Å². The minimum Gasteiger partial charge on any atom is -0.496 e. The van der Waals surface area contributed by atoms with Gasteiger partial charge < -0.3 is 18.9 Å². The Labute approximate surface area is 170 Å². The predicted molar refractivity (Wildman–Crippen MR) is 105 cm³/mol. The van der Waals surface area contributed by atoms with Crippen LogP contribution < -0.4 is 14.2 Å². The number of rotatable bonds is 6. The zero-order chi connectivity index (χ0) is 21.0. The van der Waals surface area contributed by atoms with E-state index in [-0.39, 0.29) is 29.3 Å². The van der Waals surface area contributed by atoms with Crippen LogP contribution in [-0.2, 0) is 14.8 Å². The third-order valence-electron chi connectivity index (χ3n) is 4.57. The first-order chi connectivity index (χ1) is 13.8. The average Bonchev–Trinajstić information content (AvgIpc) is 2.74. The number of carbonyl (C=O) groups excluding carboxylic acids is 1. The fourth-order valence-electron chi connectivity index (χ4n) is 2.92. The number of sulfonamides is 1. The average molecular weight is 421 g/mol. The van der Waals surface area contributed by atoms with Gasteiger partial charge in [0.1, 0.15) is 17.2 Å². The number of carbonyl (C=O) groups is 1. The molecule has 0 atom stereocenters. The lowest BCUT2D eigenvalue weighted by atomic mass is 10.1. The molecule has 2 aromatic carbocycles. The summed E-state index contributed by atoms with van der Waals surface area (Å²) in [5.74, 6) is 0.490. The number of esters is 1. The highest BCUT2D eigenvalue weighted by molar-refractivity contribution is 7.89. The Kier molecular flexibility index (Phi) is 6.41. The van der Waals surface area contributed by atoms with E-state index in [0.29, 0.717) is 30.3 Å². The zero-order valence-electron chi connectivity index (χ0n) is 16.5. The van der Waals surface area contributed by atoms with Crippen molar-refractivity contribution in [1.29, 1.82) is 0 Å². The summed E-state index contributed by atoms with van der Waals surface area (Å²) in [7, 11) is -0.742. The van der Waals surface area contributed by atoms with E-state index in [2.05, 4.69) is 0 Å². The lowest BCUT2D eigenvalue weighted by Crippen LogP contribution is -2.40. The summed E-state index contributed by atoms with van der Waals surface area (Å²) in [6, 6.07) is 9.17. The Balaban J connectivity index is 1.89. The van der Waals surface area contributed by atoms with Gasteiger partial charge in [0, 0.05) is 31.3 Å². The first kappa shape index (κ1) is 21.1. The van der Waals surface area contributed by atoms with Crippen molar-refractivity contribution >= 4 is 16.0 Å². The summed E-state index contributed by atoms with van der Waals surface area (Å²) in [5, 5.41) is 0. The Bertz CT molecular complexity index is 976. The van der Waals surface area contributed by atoms with Gasteiger partial charge in [-0.2, -0.15) is 4.31 Å². The van der Waals surface area contributed by atoms with Gasteiger partial charge in [0.15, 0.2) is 0 Å². The molecular formula is C20H23NO7S. The molecule has 0 radical (unpaired) electrons. The van der Waals surface area contributed by atoms with Crippen LogP contribution in [0.5, 0.6) is 17.2 Å². The second-order valence-corrected chi connectivity index (χ2v) is 8.37. The SMILES string of the molecule is COc1cc(OC)cc(OC(=O)c2cc(S(=O)(=O)N3CCOCC3)ccc2C)c1. The van der Waals surface area contributed by atoms with Crippen molar-refractivity contribution in [2.24, 2.45) is 0 Å². The standard InChI is InChI=1S/C20H23NO7S/c1-14-4-5-18(29(23,24)21-6-8-27-9-7-21)13-19(14)20(22)28-17-11-15(25-2)10-16(12-17)26-3/h4-5,10-13H,6-9H2,1-3H3. The van der Waals surface area contributed by atoms with E-state index >= 15 is 0 Å². The van der Waals surface area contributed by atoms with E-state index in [1.54, 1.807) is 31.2 Å².